The standard InChI is InChI=1S/C14H16N4O/c19-13-11-5-1-2-6-12(11)18(16-8-3-4-9-16)14-15-7-10-17(13)14/h1-2,5-6H,3-4,7-10H2. The molecule has 98 valence electrons. The highest BCUT2D eigenvalue weighted by atomic mass is 16.2. The first kappa shape index (κ1) is 11.0. The van der Waals surface area contributed by atoms with Gasteiger partial charge in [0.05, 0.1) is 17.8 Å². The Kier molecular flexibility index (Phi) is 2.35. The fourth-order valence-corrected chi connectivity index (χ4v) is 3.08. The van der Waals surface area contributed by atoms with Crippen molar-refractivity contribution in [3.8, 4) is 0 Å². The van der Waals surface area contributed by atoms with E-state index in [9.17, 15) is 4.79 Å². The van der Waals surface area contributed by atoms with Crippen LogP contribution in [0.3, 0.4) is 0 Å². The van der Waals surface area contributed by atoms with Crippen molar-refractivity contribution >= 4 is 17.6 Å². The molecule has 1 fully saturated rings. The van der Waals surface area contributed by atoms with Gasteiger partial charge in [-0.2, -0.15) is 0 Å². The van der Waals surface area contributed by atoms with E-state index in [1.807, 2.05) is 24.3 Å². The summed E-state index contributed by atoms with van der Waals surface area (Å²) in [6, 6.07) is 7.84. The molecule has 1 aromatic rings. The molecule has 0 bridgehead atoms. The van der Waals surface area contributed by atoms with Crippen molar-refractivity contribution in [1.29, 1.82) is 0 Å². The fraction of sp³-hybridized carbons (Fsp3) is 0.429. The molecular formula is C14H16N4O. The molecular weight excluding hydrogens is 240 g/mol. The summed E-state index contributed by atoms with van der Waals surface area (Å²) in [4.78, 5) is 18.8. The maximum atomic E-state index is 12.5. The molecule has 3 aliphatic rings. The van der Waals surface area contributed by atoms with Crippen LogP contribution in [0.4, 0.5) is 5.69 Å². The van der Waals surface area contributed by atoms with Crippen LogP contribution in [-0.2, 0) is 0 Å². The third-order valence-electron chi connectivity index (χ3n) is 3.98. The maximum Gasteiger partial charge on any atom is 0.262 e. The van der Waals surface area contributed by atoms with Gasteiger partial charge in [-0.1, -0.05) is 12.1 Å². The minimum atomic E-state index is 0.0855. The van der Waals surface area contributed by atoms with Gasteiger partial charge < -0.3 is 0 Å². The number of rotatable bonds is 1. The minimum Gasteiger partial charge on any atom is -0.275 e. The highest BCUT2D eigenvalue weighted by molar-refractivity contribution is 6.18. The Hall–Kier alpha value is -1.88. The number of fused-ring (bicyclic) bond motifs is 2. The lowest BCUT2D eigenvalue weighted by Gasteiger charge is -2.40. The first-order valence-electron chi connectivity index (χ1n) is 6.86. The van der Waals surface area contributed by atoms with Gasteiger partial charge in [0.1, 0.15) is 0 Å². The second kappa shape index (κ2) is 4.06. The summed E-state index contributed by atoms with van der Waals surface area (Å²) < 4.78 is 0. The lowest BCUT2D eigenvalue weighted by molar-refractivity contribution is 0.0844. The van der Waals surface area contributed by atoms with Crippen molar-refractivity contribution in [2.24, 2.45) is 4.99 Å². The van der Waals surface area contributed by atoms with Crippen molar-refractivity contribution in [3.05, 3.63) is 29.8 Å². The van der Waals surface area contributed by atoms with Crippen LogP contribution in [0.1, 0.15) is 23.2 Å². The zero-order valence-electron chi connectivity index (χ0n) is 10.7. The van der Waals surface area contributed by atoms with Crippen LogP contribution in [0.5, 0.6) is 0 Å². The molecule has 1 aromatic carbocycles. The molecule has 0 radical (unpaired) electrons. The van der Waals surface area contributed by atoms with Crippen LogP contribution < -0.4 is 5.01 Å². The van der Waals surface area contributed by atoms with Crippen LogP contribution in [0, 0.1) is 0 Å². The Bertz CT molecular complexity index is 562. The molecule has 5 heteroatoms. The van der Waals surface area contributed by atoms with Gasteiger partial charge in [0.25, 0.3) is 5.91 Å². The summed E-state index contributed by atoms with van der Waals surface area (Å²) in [6.45, 7) is 3.48. The van der Waals surface area contributed by atoms with E-state index in [1.165, 1.54) is 12.8 Å². The van der Waals surface area contributed by atoms with E-state index in [4.69, 9.17) is 0 Å². The van der Waals surface area contributed by atoms with Gasteiger partial charge in [-0.3, -0.25) is 9.69 Å². The summed E-state index contributed by atoms with van der Waals surface area (Å²) in [5, 5.41) is 4.46. The molecule has 3 aliphatic heterocycles. The van der Waals surface area contributed by atoms with E-state index in [1.54, 1.807) is 4.90 Å². The molecule has 3 heterocycles. The number of anilines is 1. The number of hydrogen-bond acceptors (Lipinski definition) is 4. The zero-order chi connectivity index (χ0) is 12.8. The van der Waals surface area contributed by atoms with E-state index >= 15 is 0 Å². The highest BCUT2D eigenvalue weighted by Crippen LogP contribution is 2.32. The number of benzene rings is 1. The van der Waals surface area contributed by atoms with Crippen molar-refractivity contribution in [2.45, 2.75) is 12.8 Å². The largest absolute Gasteiger partial charge is 0.275 e. The number of aliphatic imine (C=N–C) groups is 1. The van der Waals surface area contributed by atoms with Crippen LogP contribution in [0.25, 0.3) is 0 Å². The van der Waals surface area contributed by atoms with Gasteiger partial charge in [0.2, 0.25) is 5.96 Å². The Morgan fingerprint density at radius 1 is 1.05 bits per heavy atom. The molecule has 0 saturated carbocycles. The van der Waals surface area contributed by atoms with Gasteiger partial charge in [-0.25, -0.2) is 15.0 Å². The van der Waals surface area contributed by atoms with Gasteiger partial charge in [-0.05, 0) is 25.0 Å². The average molecular weight is 256 g/mol. The second-order valence-electron chi connectivity index (χ2n) is 5.13. The molecule has 0 unspecified atom stereocenters. The van der Waals surface area contributed by atoms with Crippen molar-refractivity contribution in [1.82, 2.24) is 9.91 Å². The molecule has 0 atom stereocenters. The first-order chi connectivity index (χ1) is 9.36. The predicted octanol–water partition coefficient (Wildman–Crippen LogP) is 1.33. The Balaban J connectivity index is 1.86. The topological polar surface area (TPSA) is 39.2 Å². The molecule has 19 heavy (non-hydrogen) atoms. The van der Waals surface area contributed by atoms with Gasteiger partial charge in [0.15, 0.2) is 0 Å². The van der Waals surface area contributed by atoms with E-state index in [-0.39, 0.29) is 5.91 Å². The molecule has 1 amide bonds. The average Bonchev–Trinajstić information content (AvgIpc) is 3.10. The molecule has 5 nitrogen and oxygen atoms in total. The van der Waals surface area contributed by atoms with Crippen LogP contribution in [-0.4, -0.2) is 48.0 Å². The first-order valence-corrected chi connectivity index (χ1v) is 6.86. The number of guanidine groups is 1. The summed E-state index contributed by atoms with van der Waals surface area (Å²) >= 11 is 0. The van der Waals surface area contributed by atoms with Crippen LogP contribution >= 0.6 is 0 Å². The van der Waals surface area contributed by atoms with Gasteiger partial charge in [0, 0.05) is 19.6 Å². The number of hydrazine groups is 1. The van der Waals surface area contributed by atoms with E-state index in [2.05, 4.69) is 15.0 Å². The number of carbonyl (C=O) groups is 1. The summed E-state index contributed by atoms with van der Waals surface area (Å²) in [5.74, 6) is 0.896. The number of nitrogens with zero attached hydrogens (tertiary/aromatic N) is 4. The Morgan fingerprint density at radius 2 is 1.84 bits per heavy atom. The van der Waals surface area contributed by atoms with Gasteiger partial charge in [-0.15, -0.1) is 0 Å². The molecule has 0 N–H and O–H groups in total. The van der Waals surface area contributed by atoms with Crippen molar-refractivity contribution < 1.29 is 4.79 Å². The summed E-state index contributed by atoms with van der Waals surface area (Å²) in [6.07, 6.45) is 2.42. The number of hydrogen-bond donors (Lipinski definition) is 0. The van der Waals surface area contributed by atoms with E-state index in [0.717, 1.165) is 30.3 Å². The minimum absolute atomic E-state index is 0.0855. The third-order valence-corrected chi connectivity index (χ3v) is 3.98. The molecule has 0 aromatic heterocycles. The Morgan fingerprint density at radius 3 is 2.68 bits per heavy atom. The van der Waals surface area contributed by atoms with E-state index in [0.29, 0.717) is 13.1 Å². The second-order valence-corrected chi connectivity index (χ2v) is 5.13. The Labute approximate surface area is 112 Å². The van der Waals surface area contributed by atoms with Crippen LogP contribution in [0.15, 0.2) is 29.3 Å². The number of carbonyl (C=O) groups excluding carboxylic acids is 1. The normalized spacial score (nSPS) is 22.5. The number of amides is 1. The zero-order valence-corrected chi connectivity index (χ0v) is 10.7. The summed E-state index contributed by atoms with van der Waals surface area (Å²) in [5.41, 5.74) is 1.77. The quantitative estimate of drug-likeness (QED) is 0.761. The molecule has 0 spiro atoms. The smallest absolute Gasteiger partial charge is 0.262 e. The molecule has 4 rings (SSSR count). The summed E-state index contributed by atoms with van der Waals surface area (Å²) in [7, 11) is 0. The third kappa shape index (κ3) is 1.51. The van der Waals surface area contributed by atoms with Crippen molar-refractivity contribution in [2.75, 3.05) is 31.2 Å². The van der Waals surface area contributed by atoms with Crippen LogP contribution in [0.2, 0.25) is 0 Å². The SMILES string of the molecule is O=C1c2ccccc2N(N2CCCC2)C2=NCCN12. The number of para-hydroxylation sites is 1. The highest BCUT2D eigenvalue weighted by Gasteiger charge is 2.40. The predicted molar refractivity (Wildman–Crippen MR) is 73.1 cm³/mol. The molecule has 0 aliphatic carbocycles. The van der Waals surface area contributed by atoms with Gasteiger partial charge >= 0.3 is 0 Å². The monoisotopic (exact) mass is 256 g/mol. The lowest BCUT2D eigenvalue weighted by Crippen LogP contribution is -2.56. The fourth-order valence-electron chi connectivity index (χ4n) is 3.08. The maximum absolute atomic E-state index is 12.5. The molecule has 1 saturated heterocycles. The van der Waals surface area contributed by atoms with E-state index < -0.39 is 0 Å². The lowest BCUT2D eigenvalue weighted by atomic mass is 10.1. The van der Waals surface area contributed by atoms with Crippen molar-refractivity contribution in [3.63, 3.8) is 0 Å².